The molecule has 0 saturated carbocycles. The van der Waals surface area contributed by atoms with Gasteiger partial charge in [-0.3, -0.25) is 0 Å². The minimum absolute atomic E-state index is 0.367. The van der Waals surface area contributed by atoms with Crippen LogP contribution in [-0.4, -0.2) is 5.11 Å². The van der Waals surface area contributed by atoms with Crippen LogP contribution < -0.4 is 0 Å². The monoisotopic (exact) mass is 226 g/mol. The van der Waals surface area contributed by atoms with Crippen molar-refractivity contribution in [1.29, 1.82) is 0 Å². The van der Waals surface area contributed by atoms with Crippen LogP contribution in [0.5, 0.6) is 0 Å². The number of hydrogen-bond donors (Lipinski definition) is 1. The van der Waals surface area contributed by atoms with Crippen molar-refractivity contribution >= 4 is 0 Å². The number of aliphatic hydroxyl groups excluding tert-OH is 1. The van der Waals surface area contributed by atoms with Crippen LogP contribution >= 0.6 is 0 Å². The molecule has 1 nitrogen and oxygen atoms in total. The Labute approximate surface area is 103 Å². The largest absolute Gasteiger partial charge is 0.388 e. The van der Waals surface area contributed by atoms with Crippen molar-refractivity contribution in [2.75, 3.05) is 0 Å². The van der Waals surface area contributed by atoms with Crippen LogP contribution in [0.1, 0.15) is 36.5 Å². The van der Waals surface area contributed by atoms with E-state index in [4.69, 9.17) is 0 Å². The first-order valence-electron chi connectivity index (χ1n) is 6.05. The zero-order valence-electron chi connectivity index (χ0n) is 10.1. The van der Waals surface area contributed by atoms with Crippen LogP contribution in [0.25, 0.3) is 0 Å². The summed E-state index contributed by atoms with van der Waals surface area (Å²) < 4.78 is 0. The summed E-state index contributed by atoms with van der Waals surface area (Å²) >= 11 is 0. The Morgan fingerprint density at radius 2 is 1.29 bits per heavy atom. The average Bonchev–Trinajstić information content (AvgIpc) is 2.40. The van der Waals surface area contributed by atoms with Gasteiger partial charge < -0.3 is 5.11 Å². The highest BCUT2D eigenvalue weighted by Crippen LogP contribution is 2.27. The second-order valence-corrected chi connectivity index (χ2v) is 4.47. The van der Waals surface area contributed by atoms with Crippen molar-refractivity contribution in [2.45, 2.75) is 25.4 Å². The maximum Gasteiger partial charge on any atom is 0.0795 e. The molecule has 0 spiro atoms. The van der Waals surface area contributed by atoms with Gasteiger partial charge >= 0.3 is 0 Å². The van der Waals surface area contributed by atoms with Crippen molar-refractivity contribution in [1.82, 2.24) is 0 Å². The van der Waals surface area contributed by atoms with Gasteiger partial charge in [0, 0.05) is 0 Å². The third kappa shape index (κ3) is 3.18. The minimum atomic E-state index is -0.383. The van der Waals surface area contributed by atoms with Crippen molar-refractivity contribution in [3.63, 3.8) is 0 Å². The molecule has 0 aliphatic heterocycles. The molecule has 0 fully saturated rings. The molecular formula is C16H18O. The minimum Gasteiger partial charge on any atom is -0.388 e. The predicted molar refractivity (Wildman–Crippen MR) is 70.9 cm³/mol. The SMILES string of the molecule is C[C@H](C[C@@H](O)c1ccccc1)c1ccccc1. The van der Waals surface area contributed by atoms with Crippen molar-refractivity contribution < 1.29 is 5.11 Å². The van der Waals surface area contributed by atoms with E-state index >= 15 is 0 Å². The maximum atomic E-state index is 10.2. The molecular weight excluding hydrogens is 208 g/mol. The lowest BCUT2D eigenvalue weighted by atomic mass is 9.92. The van der Waals surface area contributed by atoms with Crippen LogP contribution in [0.15, 0.2) is 60.7 Å². The number of hydrogen-bond acceptors (Lipinski definition) is 1. The fraction of sp³-hybridized carbons (Fsp3) is 0.250. The van der Waals surface area contributed by atoms with Crippen molar-refractivity contribution in [3.8, 4) is 0 Å². The highest BCUT2D eigenvalue weighted by Gasteiger charge is 2.13. The molecule has 0 radical (unpaired) electrons. The molecule has 88 valence electrons. The standard InChI is InChI=1S/C16H18O/c1-13(14-8-4-2-5-9-14)12-16(17)15-10-6-3-7-11-15/h2-11,13,16-17H,12H2,1H3/t13-,16-/m1/s1. The summed E-state index contributed by atoms with van der Waals surface area (Å²) in [5.41, 5.74) is 2.28. The zero-order chi connectivity index (χ0) is 12.1. The molecule has 1 heteroatoms. The number of aliphatic hydroxyl groups is 1. The van der Waals surface area contributed by atoms with Gasteiger partial charge in [0.1, 0.15) is 0 Å². The summed E-state index contributed by atoms with van der Waals surface area (Å²) in [6, 6.07) is 20.2. The smallest absolute Gasteiger partial charge is 0.0795 e. The molecule has 0 aromatic heterocycles. The molecule has 0 heterocycles. The molecule has 1 N–H and O–H groups in total. The van der Waals surface area contributed by atoms with E-state index in [9.17, 15) is 5.11 Å². The van der Waals surface area contributed by atoms with E-state index in [-0.39, 0.29) is 6.10 Å². The van der Waals surface area contributed by atoms with Gasteiger partial charge in [0.25, 0.3) is 0 Å². The molecule has 0 aliphatic rings. The lowest BCUT2D eigenvalue weighted by molar-refractivity contribution is 0.159. The first-order valence-corrected chi connectivity index (χ1v) is 6.05. The van der Waals surface area contributed by atoms with E-state index in [1.807, 2.05) is 48.5 Å². The molecule has 0 saturated heterocycles. The normalized spacial score (nSPS) is 14.2. The second kappa shape index (κ2) is 5.65. The molecule has 17 heavy (non-hydrogen) atoms. The van der Waals surface area contributed by atoms with Gasteiger partial charge in [0.15, 0.2) is 0 Å². The fourth-order valence-corrected chi connectivity index (χ4v) is 2.06. The Balaban J connectivity index is 2.02. The number of rotatable bonds is 4. The molecule has 2 rings (SSSR count). The summed E-state index contributed by atoms with van der Waals surface area (Å²) in [5, 5.41) is 10.2. The third-order valence-corrected chi connectivity index (χ3v) is 3.13. The lowest BCUT2D eigenvalue weighted by Gasteiger charge is -2.17. The van der Waals surface area contributed by atoms with Crippen LogP contribution in [0.4, 0.5) is 0 Å². The quantitative estimate of drug-likeness (QED) is 0.838. The molecule has 0 aliphatic carbocycles. The van der Waals surface area contributed by atoms with Gasteiger partial charge in [-0.25, -0.2) is 0 Å². The van der Waals surface area contributed by atoms with E-state index in [0.29, 0.717) is 5.92 Å². The van der Waals surface area contributed by atoms with Crippen LogP contribution in [0.2, 0.25) is 0 Å². The first kappa shape index (κ1) is 11.9. The molecule has 0 bridgehead atoms. The second-order valence-electron chi connectivity index (χ2n) is 4.47. The van der Waals surface area contributed by atoms with Gasteiger partial charge in [-0.1, -0.05) is 67.6 Å². The average molecular weight is 226 g/mol. The lowest BCUT2D eigenvalue weighted by Crippen LogP contribution is -2.03. The Hall–Kier alpha value is -1.60. The summed E-state index contributed by atoms with van der Waals surface area (Å²) in [6.45, 7) is 2.15. The van der Waals surface area contributed by atoms with Crippen molar-refractivity contribution in [2.24, 2.45) is 0 Å². The van der Waals surface area contributed by atoms with E-state index in [1.54, 1.807) is 0 Å². The molecule has 2 atom stereocenters. The Kier molecular flexibility index (Phi) is 3.94. The molecule has 2 aromatic rings. The van der Waals surface area contributed by atoms with Gasteiger partial charge in [-0.15, -0.1) is 0 Å². The third-order valence-electron chi connectivity index (χ3n) is 3.13. The zero-order valence-corrected chi connectivity index (χ0v) is 10.1. The van der Waals surface area contributed by atoms with Gasteiger partial charge in [-0.05, 0) is 23.5 Å². The first-order chi connectivity index (χ1) is 8.27. The van der Waals surface area contributed by atoms with Crippen LogP contribution in [0.3, 0.4) is 0 Å². The Morgan fingerprint density at radius 3 is 1.82 bits per heavy atom. The molecule has 0 unspecified atom stereocenters. The fourth-order valence-electron chi connectivity index (χ4n) is 2.06. The summed E-state index contributed by atoms with van der Waals surface area (Å²) in [7, 11) is 0. The predicted octanol–water partition coefficient (Wildman–Crippen LogP) is 3.91. The van der Waals surface area contributed by atoms with Crippen LogP contribution in [0, 0.1) is 0 Å². The highest BCUT2D eigenvalue weighted by atomic mass is 16.3. The molecule has 2 aromatic carbocycles. The van der Waals surface area contributed by atoms with Gasteiger partial charge in [0.2, 0.25) is 0 Å². The molecule has 0 amide bonds. The Bertz CT molecular complexity index is 392. The topological polar surface area (TPSA) is 20.2 Å². The van der Waals surface area contributed by atoms with E-state index in [2.05, 4.69) is 19.1 Å². The Morgan fingerprint density at radius 1 is 0.824 bits per heavy atom. The van der Waals surface area contributed by atoms with Crippen LogP contribution in [-0.2, 0) is 0 Å². The van der Waals surface area contributed by atoms with E-state index in [0.717, 1.165) is 12.0 Å². The summed E-state index contributed by atoms with van der Waals surface area (Å²) in [5.74, 6) is 0.367. The van der Waals surface area contributed by atoms with Gasteiger partial charge in [0.05, 0.1) is 6.10 Å². The summed E-state index contributed by atoms with van der Waals surface area (Å²) in [6.07, 6.45) is 0.375. The van der Waals surface area contributed by atoms with E-state index < -0.39 is 0 Å². The number of benzene rings is 2. The summed E-state index contributed by atoms with van der Waals surface area (Å²) in [4.78, 5) is 0. The van der Waals surface area contributed by atoms with E-state index in [1.165, 1.54) is 5.56 Å². The van der Waals surface area contributed by atoms with Gasteiger partial charge in [-0.2, -0.15) is 0 Å². The maximum absolute atomic E-state index is 10.2. The highest BCUT2D eigenvalue weighted by molar-refractivity contribution is 5.21. The van der Waals surface area contributed by atoms with Crippen molar-refractivity contribution in [3.05, 3.63) is 71.8 Å².